The van der Waals surface area contributed by atoms with Crippen LogP contribution in [0.15, 0.2) is 24.3 Å². The molecular formula is C24H35FN2O3. The van der Waals surface area contributed by atoms with Crippen LogP contribution in [0.25, 0.3) is 0 Å². The summed E-state index contributed by atoms with van der Waals surface area (Å²) in [7, 11) is 1.67. The Morgan fingerprint density at radius 2 is 1.73 bits per heavy atom. The van der Waals surface area contributed by atoms with Crippen molar-refractivity contribution in [3.63, 3.8) is 0 Å². The molecule has 3 rings (SSSR count). The summed E-state index contributed by atoms with van der Waals surface area (Å²) in [5.41, 5.74) is 5.96. The monoisotopic (exact) mass is 418 g/mol. The molecule has 2 N–H and O–H groups in total. The molecule has 166 valence electrons. The molecular weight excluding hydrogens is 383 g/mol. The number of hydrogen-bond donors (Lipinski definition) is 1. The Morgan fingerprint density at radius 1 is 1.10 bits per heavy atom. The number of likely N-dealkylation sites (tertiary alicyclic amines) is 1. The molecule has 1 saturated carbocycles. The molecule has 1 saturated heterocycles. The van der Waals surface area contributed by atoms with Crippen molar-refractivity contribution >= 4 is 11.7 Å². The number of ketones is 1. The summed E-state index contributed by atoms with van der Waals surface area (Å²) < 4.78 is 18.6. The molecule has 30 heavy (non-hydrogen) atoms. The summed E-state index contributed by atoms with van der Waals surface area (Å²) in [6.45, 7) is 3.00. The second-order valence-corrected chi connectivity index (χ2v) is 9.00. The van der Waals surface area contributed by atoms with Gasteiger partial charge in [-0.2, -0.15) is 0 Å². The number of benzene rings is 1. The Hall–Kier alpha value is -1.79. The van der Waals surface area contributed by atoms with Gasteiger partial charge in [0.2, 0.25) is 5.91 Å². The van der Waals surface area contributed by atoms with Gasteiger partial charge in [0.25, 0.3) is 0 Å². The standard InChI is InChI=1S/C24H35FN2O3/c1-30-22(16-23(26)28)18-4-2-17(3-5-18)10-13-27-14-11-20(12-15-27)24(29)19-6-8-21(25)9-7-19/h6-9,17-18,20,22H,2-5,10-16H2,1H3,(H2,26,28). The smallest absolute Gasteiger partial charge is 0.220 e. The zero-order chi connectivity index (χ0) is 21.5. The van der Waals surface area contributed by atoms with E-state index in [1.165, 1.54) is 31.4 Å². The number of rotatable bonds is 9. The fourth-order valence-corrected chi connectivity index (χ4v) is 5.12. The first-order chi connectivity index (χ1) is 14.5. The van der Waals surface area contributed by atoms with Gasteiger partial charge in [-0.05, 0) is 87.8 Å². The van der Waals surface area contributed by atoms with Crippen molar-refractivity contribution in [3.05, 3.63) is 35.6 Å². The number of carbonyl (C=O) groups excluding carboxylic acids is 2. The van der Waals surface area contributed by atoms with Gasteiger partial charge in [0.05, 0.1) is 12.5 Å². The van der Waals surface area contributed by atoms with Crippen LogP contribution in [-0.2, 0) is 9.53 Å². The van der Waals surface area contributed by atoms with E-state index in [2.05, 4.69) is 4.90 Å². The zero-order valence-electron chi connectivity index (χ0n) is 18.0. The first-order valence-electron chi connectivity index (χ1n) is 11.3. The molecule has 0 aromatic heterocycles. The van der Waals surface area contributed by atoms with Crippen molar-refractivity contribution in [1.82, 2.24) is 4.90 Å². The van der Waals surface area contributed by atoms with Crippen molar-refractivity contribution < 1.29 is 18.7 Å². The van der Waals surface area contributed by atoms with Crippen LogP contribution >= 0.6 is 0 Å². The third-order valence-electron chi connectivity index (χ3n) is 7.06. The Labute approximate surface area is 179 Å². The van der Waals surface area contributed by atoms with Crippen molar-refractivity contribution in [2.24, 2.45) is 23.5 Å². The van der Waals surface area contributed by atoms with Gasteiger partial charge in [-0.1, -0.05) is 12.8 Å². The summed E-state index contributed by atoms with van der Waals surface area (Å²) in [5, 5.41) is 0. The number of piperidine rings is 1. The van der Waals surface area contributed by atoms with Gasteiger partial charge in [-0.15, -0.1) is 0 Å². The van der Waals surface area contributed by atoms with Crippen molar-refractivity contribution in [2.45, 2.75) is 57.5 Å². The van der Waals surface area contributed by atoms with E-state index in [4.69, 9.17) is 10.5 Å². The summed E-state index contributed by atoms with van der Waals surface area (Å²) in [5.74, 6) is 0.777. The SMILES string of the molecule is COC(CC(N)=O)C1CCC(CCN2CCC(C(=O)c3ccc(F)cc3)CC2)CC1. The van der Waals surface area contributed by atoms with Gasteiger partial charge < -0.3 is 15.4 Å². The largest absolute Gasteiger partial charge is 0.381 e. The first kappa shape index (κ1) is 22.9. The van der Waals surface area contributed by atoms with Crippen LogP contribution in [0.3, 0.4) is 0 Å². The number of halogens is 1. The van der Waals surface area contributed by atoms with Gasteiger partial charge in [0.15, 0.2) is 5.78 Å². The third kappa shape index (κ3) is 6.35. The summed E-state index contributed by atoms with van der Waals surface area (Å²) in [6, 6.07) is 5.91. The minimum Gasteiger partial charge on any atom is -0.381 e. The van der Waals surface area contributed by atoms with Gasteiger partial charge in [0, 0.05) is 18.6 Å². The van der Waals surface area contributed by atoms with E-state index in [1.54, 1.807) is 19.2 Å². The summed E-state index contributed by atoms with van der Waals surface area (Å²) >= 11 is 0. The summed E-state index contributed by atoms with van der Waals surface area (Å²) in [4.78, 5) is 26.3. The zero-order valence-corrected chi connectivity index (χ0v) is 18.0. The lowest BCUT2D eigenvalue weighted by Crippen LogP contribution is -2.38. The van der Waals surface area contributed by atoms with Crippen LogP contribution in [0.2, 0.25) is 0 Å². The van der Waals surface area contributed by atoms with E-state index in [0.717, 1.165) is 51.2 Å². The van der Waals surface area contributed by atoms with Crippen molar-refractivity contribution in [1.29, 1.82) is 0 Å². The highest BCUT2D eigenvalue weighted by atomic mass is 19.1. The number of carbonyl (C=O) groups is 2. The molecule has 2 fully saturated rings. The molecule has 0 radical (unpaired) electrons. The number of methoxy groups -OCH3 is 1. The fraction of sp³-hybridized carbons (Fsp3) is 0.667. The molecule has 2 aliphatic rings. The molecule has 1 aliphatic heterocycles. The summed E-state index contributed by atoms with van der Waals surface area (Å²) in [6.07, 6.45) is 7.80. The predicted octanol–water partition coefficient (Wildman–Crippen LogP) is 3.81. The number of Topliss-reactive ketones (excluding diaryl/α,β-unsaturated/α-hetero) is 1. The lowest BCUT2D eigenvalue weighted by molar-refractivity contribution is -0.121. The second kappa shape index (κ2) is 11.0. The molecule has 1 aromatic rings. The molecule has 6 heteroatoms. The molecule has 1 atom stereocenters. The minimum absolute atomic E-state index is 0.0406. The van der Waals surface area contributed by atoms with Gasteiger partial charge in [-0.3, -0.25) is 9.59 Å². The van der Waals surface area contributed by atoms with Gasteiger partial charge in [-0.25, -0.2) is 4.39 Å². The number of hydrogen-bond acceptors (Lipinski definition) is 4. The number of ether oxygens (including phenoxy) is 1. The Morgan fingerprint density at radius 3 is 2.30 bits per heavy atom. The van der Waals surface area contributed by atoms with Crippen LogP contribution in [-0.4, -0.2) is 49.4 Å². The van der Waals surface area contributed by atoms with E-state index in [-0.39, 0.29) is 29.5 Å². The Balaban J connectivity index is 1.36. The van der Waals surface area contributed by atoms with Crippen molar-refractivity contribution in [3.8, 4) is 0 Å². The second-order valence-electron chi connectivity index (χ2n) is 9.00. The topological polar surface area (TPSA) is 72.6 Å². The van der Waals surface area contributed by atoms with Crippen LogP contribution in [0.5, 0.6) is 0 Å². The highest BCUT2D eigenvalue weighted by molar-refractivity contribution is 5.97. The molecule has 1 heterocycles. The third-order valence-corrected chi connectivity index (χ3v) is 7.06. The Kier molecular flexibility index (Phi) is 8.40. The predicted molar refractivity (Wildman–Crippen MR) is 115 cm³/mol. The normalized spacial score (nSPS) is 24.5. The number of primary amides is 1. The highest BCUT2D eigenvalue weighted by Gasteiger charge is 2.30. The molecule has 1 amide bonds. The van der Waals surface area contributed by atoms with Crippen molar-refractivity contribution in [2.75, 3.05) is 26.7 Å². The number of nitrogens with zero attached hydrogens (tertiary/aromatic N) is 1. The highest BCUT2D eigenvalue weighted by Crippen LogP contribution is 2.34. The first-order valence-corrected chi connectivity index (χ1v) is 11.3. The Bertz CT molecular complexity index is 693. The molecule has 5 nitrogen and oxygen atoms in total. The van der Waals surface area contributed by atoms with Crippen LogP contribution in [0.4, 0.5) is 4.39 Å². The molecule has 1 aliphatic carbocycles. The van der Waals surface area contributed by atoms with E-state index in [9.17, 15) is 14.0 Å². The van der Waals surface area contributed by atoms with Crippen LogP contribution in [0.1, 0.15) is 61.7 Å². The minimum atomic E-state index is -0.305. The lowest BCUT2D eigenvalue weighted by atomic mass is 9.77. The number of nitrogens with two attached hydrogens (primary N) is 1. The van der Waals surface area contributed by atoms with E-state index < -0.39 is 0 Å². The van der Waals surface area contributed by atoms with Gasteiger partial charge >= 0.3 is 0 Å². The van der Waals surface area contributed by atoms with Crippen LogP contribution in [0, 0.1) is 23.6 Å². The maximum Gasteiger partial charge on any atom is 0.220 e. The fourth-order valence-electron chi connectivity index (χ4n) is 5.12. The van der Waals surface area contributed by atoms with E-state index >= 15 is 0 Å². The molecule has 1 unspecified atom stereocenters. The van der Waals surface area contributed by atoms with Gasteiger partial charge in [0.1, 0.15) is 5.82 Å². The average molecular weight is 419 g/mol. The van der Waals surface area contributed by atoms with E-state index in [0.29, 0.717) is 17.9 Å². The van der Waals surface area contributed by atoms with Crippen LogP contribution < -0.4 is 5.73 Å². The quantitative estimate of drug-likeness (QED) is 0.619. The molecule has 1 aromatic carbocycles. The number of amides is 1. The van der Waals surface area contributed by atoms with E-state index in [1.807, 2.05) is 0 Å². The maximum absolute atomic E-state index is 13.1. The lowest BCUT2D eigenvalue weighted by Gasteiger charge is -2.35. The average Bonchev–Trinajstić information content (AvgIpc) is 2.77. The molecule has 0 spiro atoms. The molecule has 0 bridgehead atoms. The maximum atomic E-state index is 13.1.